The van der Waals surface area contributed by atoms with E-state index in [2.05, 4.69) is 6.07 Å². The van der Waals surface area contributed by atoms with E-state index in [0.29, 0.717) is 51.9 Å². The van der Waals surface area contributed by atoms with Crippen molar-refractivity contribution in [2.45, 2.75) is 12.0 Å². The predicted octanol–water partition coefficient (Wildman–Crippen LogP) is 1.89. The maximum atomic E-state index is 11.8. The van der Waals surface area contributed by atoms with Crippen LogP contribution >= 0.6 is 11.3 Å². The number of nitrogens with zero attached hydrogens (tertiary/aromatic N) is 2. The normalized spacial score (nSPS) is 22.0. The van der Waals surface area contributed by atoms with Crippen molar-refractivity contribution in [2.75, 3.05) is 53.3 Å². The van der Waals surface area contributed by atoms with Gasteiger partial charge in [-0.2, -0.15) is 0 Å². The molecule has 2 aliphatic rings. The zero-order chi connectivity index (χ0) is 18.8. The Morgan fingerprint density at radius 1 is 1.22 bits per heavy atom. The number of urea groups is 1. The maximum Gasteiger partial charge on any atom is 0.315 e. The molecule has 27 heavy (non-hydrogen) atoms. The third kappa shape index (κ3) is 3.60. The van der Waals surface area contributed by atoms with Gasteiger partial charge in [0, 0.05) is 12.5 Å². The van der Waals surface area contributed by atoms with Gasteiger partial charge in [0.05, 0.1) is 51.5 Å². The average molecular weight is 393 g/mol. The first-order chi connectivity index (χ1) is 13.2. The Bertz CT molecular complexity index is 819. The highest BCUT2D eigenvalue weighted by Gasteiger charge is 2.31. The van der Waals surface area contributed by atoms with Gasteiger partial charge in [-0.3, -0.25) is 0 Å². The number of aromatic nitrogens is 1. The Hall–Kier alpha value is -1.94. The van der Waals surface area contributed by atoms with Crippen LogP contribution in [0.1, 0.15) is 22.5 Å². The number of thiazole rings is 1. The quantitative estimate of drug-likeness (QED) is 0.855. The molecule has 0 saturated carbocycles. The second-order valence-corrected chi connectivity index (χ2v) is 7.59. The summed E-state index contributed by atoms with van der Waals surface area (Å²) in [4.78, 5) is 18.3. The van der Waals surface area contributed by atoms with Crippen LogP contribution < -0.4 is 10.5 Å². The van der Waals surface area contributed by atoms with Crippen LogP contribution in [0.15, 0.2) is 12.1 Å². The summed E-state index contributed by atoms with van der Waals surface area (Å²) < 4.78 is 23.5. The minimum atomic E-state index is -0.458. The topological polar surface area (TPSA) is 96.1 Å². The van der Waals surface area contributed by atoms with Crippen LogP contribution in [0.2, 0.25) is 0 Å². The highest BCUT2D eigenvalue weighted by molar-refractivity contribution is 7.18. The Labute approximate surface area is 161 Å². The number of methoxy groups -OCH3 is 1. The van der Waals surface area contributed by atoms with Crippen molar-refractivity contribution in [3.8, 4) is 5.75 Å². The lowest BCUT2D eigenvalue weighted by Gasteiger charge is -2.32. The standard InChI is InChI=1S/C18H23N3O5S/c1-23-14-3-2-12(11-8-25-6-7-26-9-11)16-15(14)20-17(27-16)13-10-24-5-4-21(13)18(19)22/h2-3,11,13H,4-10H2,1H3,(H2,19,22). The van der Waals surface area contributed by atoms with Crippen molar-refractivity contribution in [1.29, 1.82) is 0 Å². The van der Waals surface area contributed by atoms with E-state index in [4.69, 9.17) is 29.7 Å². The van der Waals surface area contributed by atoms with Crippen molar-refractivity contribution in [3.63, 3.8) is 0 Å². The van der Waals surface area contributed by atoms with Crippen LogP contribution in [0.25, 0.3) is 10.2 Å². The minimum absolute atomic E-state index is 0.129. The molecule has 0 bridgehead atoms. The van der Waals surface area contributed by atoms with Crippen LogP contribution in [0, 0.1) is 0 Å². The van der Waals surface area contributed by atoms with E-state index >= 15 is 0 Å². The fourth-order valence-electron chi connectivity index (χ4n) is 3.52. The van der Waals surface area contributed by atoms with E-state index < -0.39 is 6.03 Å². The Balaban J connectivity index is 1.77. The molecule has 8 nitrogen and oxygen atoms in total. The molecule has 2 amide bonds. The van der Waals surface area contributed by atoms with Crippen molar-refractivity contribution in [3.05, 3.63) is 22.7 Å². The maximum absolute atomic E-state index is 11.8. The van der Waals surface area contributed by atoms with Gasteiger partial charge in [0.25, 0.3) is 0 Å². The van der Waals surface area contributed by atoms with E-state index in [9.17, 15) is 4.79 Å². The zero-order valence-corrected chi connectivity index (χ0v) is 16.0. The molecule has 0 aliphatic carbocycles. The summed E-state index contributed by atoms with van der Waals surface area (Å²) in [5.74, 6) is 0.832. The molecule has 2 saturated heterocycles. The molecule has 9 heteroatoms. The number of primary amides is 1. The SMILES string of the molecule is COc1ccc(C2COCCOC2)c2sc(C3COCCN3C(N)=O)nc12. The lowest BCUT2D eigenvalue weighted by Crippen LogP contribution is -2.45. The monoisotopic (exact) mass is 393 g/mol. The Kier molecular flexibility index (Phi) is 5.44. The zero-order valence-electron chi connectivity index (χ0n) is 15.2. The smallest absolute Gasteiger partial charge is 0.315 e. The van der Waals surface area contributed by atoms with E-state index in [1.54, 1.807) is 23.3 Å². The Morgan fingerprint density at radius 2 is 1.96 bits per heavy atom. The number of benzene rings is 1. The van der Waals surface area contributed by atoms with Gasteiger partial charge < -0.3 is 29.6 Å². The molecular formula is C18H23N3O5S. The van der Waals surface area contributed by atoms with Crippen molar-refractivity contribution in [1.82, 2.24) is 9.88 Å². The van der Waals surface area contributed by atoms with E-state index in [1.807, 2.05) is 6.07 Å². The van der Waals surface area contributed by atoms with Gasteiger partial charge in [-0.25, -0.2) is 9.78 Å². The summed E-state index contributed by atoms with van der Waals surface area (Å²) in [6.45, 7) is 3.76. The van der Waals surface area contributed by atoms with Gasteiger partial charge in [-0.05, 0) is 11.6 Å². The first kappa shape index (κ1) is 18.4. The fraction of sp³-hybridized carbons (Fsp3) is 0.556. The average Bonchev–Trinajstić information content (AvgIpc) is 2.96. The number of carbonyl (C=O) groups excluding carboxylic acids is 1. The largest absolute Gasteiger partial charge is 0.494 e. The van der Waals surface area contributed by atoms with Crippen LogP contribution in [0.5, 0.6) is 5.75 Å². The van der Waals surface area contributed by atoms with Crippen molar-refractivity contribution >= 4 is 27.6 Å². The number of hydrogen-bond acceptors (Lipinski definition) is 7. The molecular weight excluding hydrogens is 370 g/mol. The summed E-state index contributed by atoms with van der Waals surface area (Å²) in [5.41, 5.74) is 7.47. The summed E-state index contributed by atoms with van der Waals surface area (Å²) in [6.07, 6.45) is 0. The van der Waals surface area contributed by atoms with Gasteiger partial charge in [0.2, 0.25) is 0 Å². The van der Waals surface area contributed by atoms with Crippen LogP contribution in [-0.4, -0.2) is 69.2 Å². The summed E-state index contributed by atoms with van der Waals surface area (Å²) in [5, 5.41) is 0.796. The van der Waals surface area contributed by atoms with Crippen molar-refractivity contribution in [2.24, 2.45) is 5.73 Å². The second kappa shape index (κ2) is 7.97. The van der Waals surface area contributed by atoms with Crippen LogP contribution in [-0.2, 0) is 14.2 Å². The summed E-state index contributed by atoms with van der Waals surface area (Å²) in [6, 6.07) is 3.23. The number of fused-ring (bicyclic) bond motifs is 1. The predicted molar refractivity (Wildman–Crippen MR) is 100 cm³/mol. The van der Waals surface area contributed by atoms with Crippen molar-refractivity contribution < 1.29 is 23.7 Å². The highest BCUT2D eigenvalue weighted by atomic mass is 32.1. The third-order valence-corrected chi connectivity index (χ3v) is 6.13. The molecule has 1 aromatic carbocycles. The van der Waals surface area contributed by atoms with Crippen LogP contribution in [0.4, 0.5) is 4.79 Å². The van der Waals surface area contributed by atoms with E-state index in [1.165, 1.54) is 0 Å². The molecule has 1 atom stereocenters. The van der Waals surface area contributed by atoms with E-state index in [-0.39, 0.29) is 12.0 Å². The molecule has 0 spiro atoms. The van der Waals surface area contributed by atoms with Gasteiger partial charge in [0.15, 0.2) is 0 Å². The third-order valence-electron chi connectivity index (χ3n) is 4.92. The molecule has 3 heterocycles. The molecule has 0 radical (unpaired) electrons. The Morgan fingerprint density at radius 3 is 2.67 bits per heavy atom. The lowest BCUT2D eigenvalue weighted by molar-refractivity contribution is 0.0137. The van der Waals surface area contributed by atoms with Gasteiger partial charge in [0.1, 0.15) is 22.3 Å². The van der Waals surface area contributed by atoms with Gasteiger partial charge in [-0.1, -0.05) is 6.07 Å². The summed E-state index contributed by atoms with van der Waals surface area (Å²) >= 11 is 1.55. The molecule has 2 N–H and O–H groups in total. The molecule has 2 aliphatic heterocycles. The number of nitrogens with two attached hydrogens (primary N) is 1. The molecule has 1 unspecified atom stereocenters. The number of ether oxygens (including phenoxy) is 4. The van der Waals surface area contributed by atoms with E-state index in [0.717, 1.165) is 20.8 Å². The van der Waals surface area contributed by atoms with Crippen LogP contribution in [0.3, 0.4) is 0 Å². The number of amides is 2. The summed E-state index contributed by atoms with van der Waals surface area (Å²) in [7, 11) is 1.63. The molecule has 146 valence electrons. The molecule has 1 aromatic heterocycles. The molecule has 2 fully saturated rings. The first-order valence-electron chi connectivity index (χ1n) is 8.95. The number of hydrogen-bond donors (Lipinski definition) is 1. The molecule has 2 aromatic rings. The first-order valence-corrected chi connectivity index (χ1v) is 9.77. The number of rotatable bonds is 3. The number of morpholine rings is 1. The van der Waals surface area contributed by atoms with Gasteiger partial charge in [-0.15, -0.1) is 11.3 Å². The highest BCUT2D eigenvalue weighted by Crippen LogP contribution is 2.40. The van der Waals surface area contributed by atoms with Gasteiger partial charge >= 0.3 is 6.03 Å². The lowest BCUT2D eigenvalue weighted by atomic mass is 10.00. The second-order valence-electron chi connectivity index (χ2n) is 6.56. The minimum Gasteiger partial charge on any atom is -0.494 e. The number of carbonyl (C=O) groups is 1. The molecule has 4 rings (SSSR count). The fourth-order valence-corrected chi connectivity index (χ4v) is 4.79.